The molecule has 176 valence electrons. The Bertz CT molecular complexity index is 403. The number of allylic oxidation sites excluding steroid dienone is 2. The first-order valence-corrected chi connectivity index (χ1v) is 12.5. The van der Waals surface area contributed by atoms with Crippen molar-refractivity contribution in [1.29, 1.82) is 0 Å². The third-order valence-corrected chi connectivity index (χ3v) is 5.02. The second-order valence-electron chi connectivity index (χ2n) is 7.43. The van der Waals surface area contributed by atoms with Crippen molar-refractivity contribution >= 4 is 7.82 Å². The van der Waals surface area contributed by atoms with Crippen LogP contribution in [-0.4, -0.2) is 35.9 Å². The SMILES string of the molecule is CCCCCCCC/C=C\CCCCCCCCOC[C@@H](O)COP(=O)([O-])O.[NH4+]. The highest BCUT2D eigenvalue weighted by atomic mass is 31.2. The number of quaternary nitrogens is 1. The number of phosphoric ester groups is 1. The van der Waals surface area contributed by atoms with Gasteiger partial charge in [-0.05, 0) is 32.1 Å². The monoisotopic (exact) mass is 439 g/mol. The van der Waals surface area contributed by atoms with Gasteiger partial charge in [-0.2, -0.15) is 0 Å². The van der Waals surface area contributed by atoms with Crippen LogP contribution in [0.2, 0.25) is 0 Å². The van der Waals surface area contributed by atoms with Crippen molar-refractivity contribution < 1.29 is 28.7 Å². The van der Waals surface area contributed by atoms with Crippen molar-refractivity contribution in [2.24, 2.45) is 0 Å². The maximum absolute atomic E-state index is 10.4. The van der Waals surface area contributed by atoms with E-state index >= 15 is 0 Å². The van der Waals surface area contributed by atoms with E-state index in [2.05, 4.69) is 23.6 Å². The average Bonchev–Trinajstić information content (AvgIpc) is 2.65. The second-order valence-corrected chi connectivity index (χ2v) is 8.63. The van der Waals surface area contributed by atoms with Crippen LogP contribution in [0, 0.1) is 0 Å². The van der Waals surface area contributed by atoms with Crippen LogP contribution in [-0.2, 0) is 13.8 Å². The molecule has 0 aromatic rings. The van der Waals surface area contributed by atoms with E-state index in [4.69, 9.17) is 9.63 Å². The number of aliphatic hydroxyl groups is 1. The summed E-state index contributed by atoms with van der Waals surface area (Å²) in [5.74, 6) is 0. The molecule has 0 amide bonds. The van der Waals surface area contributed by atoms with Gasteiger partial charge in [0.25, 0.3) is 7.82 Å². The summed E-state index contributed by atoms with van der Waals surface area (Å²) in [6.07, 6.45) is 21.1. The minimum Gasteiger partial charge on any atom is -0.756 e. The van der Waals surface area contributed by atoms with Gasteiger partial charge >= 0.3 is 0 Å². The lowest BCUT2D eigenvalue weighted by Gasteiger charge is -2.18. The standard InChI is InChI=1S/C21H43O6P.H3N/c1-2-3-4-5-6-7-8-9-10-11-12-13-14-15-16-17-18-26-19-21(22)20-27-28(23,24)25;/h9-10,21-22H,2-8,11-20H2,1H3,(H2,23,24,25);1H3/b10-9-;/t21-;/m1./s1. The molecule has 0 radical (unpaired) electrons. The largest absolute Gasteiger partial charge is 0.756 e. The molecule has 0 fully saturated rings. The molecule has 0 aliphatic heterocycles. The highest BCUT2D eigenvalue weighted by Crippen LogP contribution is 2.30. The maximum Gasteiger partial charge on any atom is 0.265 e. The van der Waals surface area contributed by atoms with Crippen molar-refractivity contribution in [3.63, 3.8) is 0 Å². The molecule has 0 saturated carbocycles. The number of ether oxygens (including phenoxy) is 1. The molecule has 0 heterocycles. The van der Waals surface area contributed by atoms with Crippen LogP contribution in [0.15, 0.2) is 12.2 Å². The van der Waals surface area contributed by atoms with E-state index in [0.29, 0.717) is 6.61 Å². The van der Waals surface area contributed by atoms with Crippen LogP contribution >= 0.6 is 7.82 Å². The van der Waals surface area contributed by atoms with E-state index in [1.54, 1.807) is 0 Å². The first-order chi connectivity index (χ1) is 13.5. The first-order valence-electron chi connectivity index (χ1n) is 11.0. The number of hydrogen-bond donors (Lipinski definition) is 3. The van der Waals surface area contributed by atoms with E-state index in [9.17, 15) is 14.6 Å². The van der Waals surface area contributed by atoms with Gasteiger partial charge in [0, 0.05) is 6.61 Å². The summed E-state index contributed by atoms with van der Waals surface area (Å²) < 4.78 is 19.7. The fraction of sp³-hybridized carbons (Fsp3) is 0.905. The second kappa shape index (κ2) is 22.4. The van der Waals surface area contributed by atoms with Gasteiger partial charge in [-0.3, -0.25) is 4.57 Å². The van der Waals surface area contributed by atoms with Crippen molar-refractivity contribution in [3.05, 3.63) is 12.2 Å². The molecule has 0 aromatic heterocycles. The lowest BCUT2D eigenvalue weighted by molar-refractivity contribution is -0.222. The Morgan fingerprint density at radius 2 is 1.34 bits per heavy atom. The quantitative estimate of drug-likeness (QED) is 0.127. The summed E-state index contributed by atoms with van der Waals surface area (Å²) >= 11 is 0. The van der Waals surface area contributed by atoms with Crippen LogP contribution in [0.3, 0.4) is 0 Å². The molecule has 0 spiro atoms. The smallest absolute Gasteiger partial charge is 0.265 e. The number of phosphoric acid groups is 1. The van der Waals surface area contributed by atoms with Crippen molar-refractivity contribution in [1.82, 2.24) is 6.15 Å². The fourth-order valence-corrected chi connectivity index (χ4v) is 3.26. The van der Waals surface area contributed by atoms with Gasteiger partial charge in [-0.25, -0.2) is 0 Å². The van der Waals surface area contributed by atoms with Crippen LogP contribution in [0.5, 0.6) is 0 Å². The highest BCUT2D eigenvalue weighted by Gasteiger charge is 2.09. The Morgan fingerprint density at radius 1 is 0.862 bits per heavy atom. The van der Waals surface area contributed by atoms with Crippen LogP contribution in [0.25, 0.3) is 0 Å². The van der Waals surface area contributed by atoms with Crippen molar-refractivity contribution in [2.75, 3.05) is 19.8 Å². The van der Waals surface area contributed by atoms with Gasteiger partial charge in [-0.15, -0.1) is 0 Å². The topological polar surface area (TPSA) is 136 Å². The van der Waals surface area contributed by atoms with Gasteiger partial charge in [0.15, 0.2) is 0 Å². The zero-order valence-corrected chi connectivity index (χ0v) is 19.6. The molecular formula is C21H46NO6P. The predicted octanol–water partition coefficient (Wildman–Crippen LogP) is 5.25. The summed E-state index contributed by atoms with van der Waals surface area (Å²) in [5.41, 5.74) is 0. The Labute approximate surface area is 178 Å². The molecular weight excluding hydrogens is 393 g/mol. The Balaban J connectivity index is 0. The van der Waals surface area contributed by atoms with E-state index in [-0.39, 0.29) is 12.8 Å². The van der Waals surface area contributed by atoms with Crippen LogP contribution in [0.4, 0.5) is 0 Å². The Hall–Kier alpha value is -0.270. The van der Waals surface area contributed by atoms with E-state index < -0.39 is 20.5 Å². The number of aliphatic hydroxyl groups excluding tert-OH is 1. The lowest BCUT2D eigenvalue weighted by Crippen LogP contribution is -2.22. The zero-order chi connectivity index (χ0) is 20.9. The minimum atomic E-state index is -4.77. The fourth-order valence-electron chi connectivity index (χ4n) is 2.90. The molecule has 0 saturated heterocycles. The van der Waals surface area contributed by atoms with Gasteiger partial charge in [0.05, 0.1) is 13.2 Å². The number of rotatable bonds is 21. The lowest BCUT2D eigenvalue weighted by atomic mass is 10.1. The predicted molar refractivity (Wildman–Crippen MR) is 118 cm³/mol. The van der Waals surface area contributed by atoms with Crippen molar-refractivity contribution in [3.8, 4) is 0 Å². The molecule has 8 heteroatoms. The van der Waals surface area contributed by atoms with Gasteiger partial charge in [0.1, 0.15) is 6.10 Å². The molecule has 0 bridgehead atoms. The molecule has 2 atom stereocenters. The number of unbranched alkanes of at least 4 members (excludes halogenated alkanes) is 12. The first kappa shape index (κ1) is 30.9. The van der Waals surface area contributed by atoms with Gasteiger partial charge < -0.3 is 30.3 Å². The molecule has 0 aromatic carbocycles. The summed E-state index contributed by atoms with van der Waals surface area (Å²) in [5, 5.41) is 9.42. The van der Waals surface area contributed by atoms with E-state index in [1.165, 1.54) is 77.0 Å². The van der Waals surface area contributed by atoms with Crippen LogP contribution in [0.1, 0.15) is 96.8 Å². The van der Waals surface area contributed by atoms with Crippen LogP contribution < -0.4 is 11.0 Å². The Kier molecular flexibility index (Phi) is 23.9. The molecule has 0 aliphatic carbocycles. The summed E-state index contributed by atoms with van der Waals surface area (Å²) in [6.45, 7) is 2.31. The normalized spacial score (nSPS) is 14.6. The molecule has 29 heavy (non-hydrogen) atoms. The zero-order valence-electron chi connectivity index (χ0n) is 18.7. The Morgan fingerprint density at radius 3 is 1.86 bits per heavy atom. The highest BCUT2D eigenvalue weighted by molar-refractivity contribution is 7.44. The molecule has 0 rings (SSSR count). The number of hydrogen-bond acceptors (Lipinski definition) is 5. The minimum absolute atomic E-state index is 0. The molecule has 6 N–H and O–H groups in total. The third kappa shape index (κ3) is 27.7. The summed E-state index contributed by atoms with van der Waals surface area (Å²) in [7, 11) is -4.77. The maximum atomic E-state index is 10.4. The van der Waals surface area contributed by atoms with Crippen molar-refractivity contribution in [2.45, 2.75) is 103 Å². The summed E-state index contributed by atoms with van der Waals surface area (Å²) in [6, 6.07) is 0. The van der Waals surface area contributed by atoms with Gasteiger partial charge in [0.2, 0.25) is 0 Å². The third-order valence-electron chi connectivity index (χ3n) is 4.54. The molecule has 7 nitrogen and oxygen atoms in total. The average molecular weight is 440 g/mol. The molecule has 0 aliphatic rings. The molecule has 1 unspecified atom stereocenters. The van der Waals surface area contributed by atoms with E-state index in [0.717, 1.165) is 12.8 Å². The van der Waals surface area contributed by atoms with E-state index in [1.807, 2.05) is 0 Å². The summed E-state index contributed by atoms with van der Waals surface area (Å²) in [4.78, 5) is 18.8. The van der Waals surface area contributed by atoms with Gasteiger partial charge in [-0.1, -0.05) is 76.9 Å².